The lowest BCUT2D eigenvalue weighted by molar-refractivity contribution is -0.140. The number of ether oxygens (including phenoxy) is 1. The molecule has 136 valence electrons. The molecule has 5 nitrogen and oxygen atoms in total. The highest BCUT2D eigenvalue weighted by Gasteiger charge is 1.99. The fourth-order valence-corrected chi connectivity index (χ4v) is 2.54. The summed E-state index contributed by atoms with van der Waals surface area (Å²) in [6.07, 6.45) is 16.7. The summed E-state index contributed by atoms with van der Waals surface area (Å²) >= 11 is 0. The van der Waals surface area contributed by atoms with Gasteiger partial charge in [0.1, 0.15) is 0 Å². The Kier molecular flexibility index (Phi) is 21.7. The van der Waals surface area contributed by atoms with Crippen LogP contribution in [0.2, 0.25) is 0 Å². The molecule has 0 aromatic carbocycles. The zero-order chi connectivity index (χ0) is 16.3. The van der Waals surface area contributed by atoms with Crippen LogP contribution in [-0.4, -0.2) is 19.6 Å². The Labute approximate surface area is 142 Å². The van der Waals surface area contributed by atoms with Gasteiger partial charge in [-0.15, -0.1) is 0 Å². The van der Waals surface area contributed by atoms with Crippen molar-refractivity contribution in [3.8, 4) is 0 Å². The van der Waals surface area contributed by atoms with Crippen molar-refractivity contribution in [3.63, 3.8) is 0 Å². The van der Waals surface area contributed by atoms with Crippen molar-refractivity contribution in [3.05, 3.63) is 10.4 Å². The minimum Gasteiger partial charge on any atom is -0.469 e. The second-order valence-corrected chi connectivity index (χ2v) is 5.88. The maximum Gasteiger partial charge on any atom is 0.305 e. The number of nitrogens with zero attached hydrogens (tertiary/aromatic N) is 3. The molecule has 0 rings (SSSR count). The van der Waals surface area contributed by atoms with Crippen molar-refractivity contribution in [2.45, 2.75) is 97.3 Å². The zero-order valence-electron chi connectivity index (χ0n) is 14.3. The smallest absolute Gasteiger partial charge is 0.305 e. The van der Waals surface area contributed by atoms with Crippen LogP contribution in [0.15, 0.2) is 5.11 Å². The van der Waals surface area contributed by atoms with Crippen LogP contribution in [0.5, 0.6) is 0 Å². The van der Waals surface area contributed by atoms with E-state index in [1.807, 2.05) is 0 Å². The third-order valence-corrected chi connectivity index (χ3v) is 3.93. The normalized spacial score (nSPS) is 9.78. The van der Waals surface area contributed by atoms with Crippen molar-refractivity contribution >= 4 is 5.97 Å². The molecule has 0 amide bonds. The minimum atomic E-state index is -0.0854. The zero-order valence-corrected chi connectivity index (χ0v) is 14.3. The maximum atomic E-state index is 10.9. The number of hydrogen-bond acceptors (Lipinski definition) is 3. The Morgan fingerprint density at radius 1 is 0.826 bits per heavy atom. The van der Waals surface area contributed by atoms with Crippen molar-refractivity contribution in [1.82, 2.24) is 0 Å². The molecule has 0 aliphatic carbocycles. The van der Waals surface area contributed by atoms with Gasteiger partial charge in [-0.2, -0.15) is 0 Å². The molecule has 0 saturated carbocycles. The van der Waals surface area contributed by atoms with E-state index >= 15 is 0 Å². The molecule has 0 aliphatic heterocycles. The van der Waals surface area contributed by atoms with Gasteiger partial charge in [0.15, 0.2) is 0 Å². The molecule has 0 radical (unpaired) electrons. The highest BCUT2D eigenvalue weighted by Crippen LogP contribution is 2.13. The predicted molar refractivity (Wildman–Crippen MR) is 97.4 cm³/mol. The van der Waals surface area contributed by atoms with Crippen LogP contribution in [0.3, 0.4) is 0 Å². The molecule has 0 bridgehead atoms. The first-order valence-electron chi connectivity index (χ1n) is 8.89. The monoisotopic (exact) mass is 327 g/mol. The molecule has 0 aromatic rings. The van der Waals surface area contributed by atoms with Crippen LogP contribution >= 0.6 is 0 Å². The molecular weight excluding hydrogens is 290 g/mol. The lowest BCUT2D eigenvalue weighted by Crippen LogP contribution is -1.99. The van der Waals surface area contributed by atoms with Crippen molar-refractivity contribution < 1.29 is 9.53 Å². The molecule has 0 aliphatic rings. The summed E-state index contributed by atoms with van der Waals surface area (Å²) in [5.74, 6) is -0.0854. The van der Waals surface area contributed by atoms with Crippen molar-refractivity contribution in [1.29, 1.82) is 0 Å². The molecule has 0 unspecified atom stereocenters. The molecule has 0 N–H and O–H groups in total. The summed E-state index contributed by atoms with van der Waals surface area (Å²) in [5.41, 5.74) is 8.14. The molecule has 0 spiro atoms. The first-order valence-corrected chi connectivity index (χ1v) is 8.89. The van der Waals surface area contributed by atoms with Gasteiger partial charge >= 0.3 is 5.97 Å². The number of carbonyl (C=O) groups excluding carboxylic acids is 1. The molecule has 0 atom stereocenters. The first-order chi connectivity index (χ1) is 10.8. The Morgan fingerprint density at radius 2 is 1.22 bits per heavy atom. The quantitative estimate of drug-likeness (QED) is 0.106. The summed E-state index contributed by atoms with van der Waals surface area (Å²) in [7, 11) is 1.45. The number of rotatable bonds is 16. The number of carbonyl (C=O) groups is 1. The van der Waals surface area contributed by atoms with Gasteiger partial charge in [0, 0.05) is 17.9 Å². The number of hydrogen-bond donors (Lipinski definition) is 0. The van der Waals surface area contributed by atoms with E-state index in [1.165, 1.54) is 71.3 Å². The molecule has 23 heavy (non-hydrogen) atoms. The molecule has 5 heteroatoms. The summed E-state index contributed by atoms with van der Waals surface area (Å²) in [6.45, 7) is 0.649. The Bertz CT molecular complexity index is 303. The second-order valence-electron chi connectivity index (χ2n) is 5.88. The van der Waals surface area contributed by atoms with Crippen LogP contribution in [-0.2, 0) is 9.53 Å². The predicted octanol–water partition coefficient (Wildman–Crippen LogP) is 6.57. The fourth-order valence-electron chi connectivity index (χ4n) is 2.54. The Morgan fingerprint density at radius 3 is 1.61 bits per heavy atom. The Balaban J connectivity index is 0. The van der Waals surface area contributed by atoms with Gasteiger partial charge in [0.05, 0.1) is 7.11 Å². The van der Waals surface area contributed by atoms with Crippen molar-refractivity contribution in [2.75, 3.05) is 13.7 Å². The lowest BCUT2D eigenvalue weighted by atomic mass is 10.0. The van der Waals surface area contributed by atoms with Gasteiger partial charge in [-0.25, -0.2) is 0 Å². The fraction of sp³-hybridized carbons (Fsp3) is 0.944. The number of esters is 1. The number of methoxy groups -OCH3 is 1. The highest BCUT2D eigenvalue weighted by molar-refractivity contribution is 5.68. The average molecular weight is 328 g/mol. The van der Waals surface area contributed by atoms with Crippen LogP contribution in [0.1, 0.15) is 97.3 Å². The van der Waals surface area contributed by atoms with Crippen LogP contribution < -0.4 is 0 Å². The summed E-state index contributed by atoms with van der Waals surface area (Å²) < 4.78 is 4.62. The lowest BCUT2D eigenvalue weighted by Gasteiger charge is -2.03. The summed E-state index contributed by atoms with van der Waals surface area (Å²) in [6, 6.07) is 0. The van der Waals surface area contributed by atoms with E-state index < -0.39 is 0 Å². The van der Waals surface area contributed by atoms with Crippen molar-refractivity contribution in [2.24, 2.45) is 5.11 Å². The summed E-state index contributed by atoms with van der Waals surface area (Å²) in [4.78, 5) is 13.7. The third kappa shape index (κ3) is 20.8. The SMILES string of the molecule is C.COC(=O)CCCCCCCCCCCCCCCN=[N+]=[N-]. The highest BCUT2D eigenvalue weighted by atomic mass is 16.5. The van der Waals surface area contributed by atoms with E-state index in [0.29, 0.717) is 13.0 Å². The minimum absolute atomic E-state index is 0. The van der Waals surface area contributed by atoms with Crippen LogP contribution in [0.25, 0.3) is 10.4 Å². The largest absolute Gasteiger partial charge is 0.469 e. The van der Waals surface area contributed by atoms with Gasteiger partial charge < -0.3 is 4.74 Å². The maximum absolute atomic E-state index is 10.9. The summed E-state index contributed by atoms with van der Waals surface area (Å²) in [5, 5.41) is 3.54. The van der Waals surface area contributed by atoms with Gasteiger partial charge in [-0.1, -0.05) is 83.2 Å². The molecular formula is C18H37N3O2. The first kappa shape index (κ1) is 24.0. The van der Waals surface area contributed by atoms with E-state index in [1.54, 1.807) is 0 Å². The van der Waals surface area contributed by atoms with Crippen LogP contribution in [0.4, 0.5) is 0 Å². The molecule has 0 aromatic heterocycles. The topological polar surface area (TPSA) is 75.1 Å². The van der Waals surface area contributed by atoms with E-state index in [0.717, 1.165) is 19.3 Å². The Hall–Kier alpha value is -1.22. The van der Waals surface area contributed by atoms with E-state index in [-0.39, 0.29) is 13.4 Å². The molecule has 0 fully saturated rings. The number of unbranched alkanes of at least 4 members (excludes halogenated alkanes) is 12. The van der Waals surface area contributed by atoms with Crippen LogP contribution in [0, 0.1) is 0 Å². The standard InChI is InChI=1S/C17H33N3O2.CH4/c1-22-17(21)15-13-11-9-7-5-3-2-4-6-8-10-12-14-16-19-20-18;/h2-16H2,1H3;1H4. The van der Waals surface area contributed by atoms with Gasteiger partial charge in [-0.3, -0.25) is 4.79 Å². The third-order valence-electron chi connectivity index (χ3n) is 3.93. The number of azide groups is 1. The van der Waals surface area contributed by atoms with Gasteiger partial charge in [0.2, 0.25) is 0 Å². The second kappa shape index (κ2) is 20.8. The molecule has 0 heterocycles. The van der Waals surface area contributed by atoms with Gasteiger partial charge in [0.25, 0.3) is 0 Å². The van der Waals surface area contributed by atoms with E-state index in [9.17, 15) is 4.79 Å². The average Bonchev–Trinajstić information content (AvgIpc) is 2.54. The van der Waals surface area contributed by atoms with E-state index in [4.69, 9.17) is 5.53 Å². The van der Waals surface area contributed by atoms with Gasteiger partial charge in [-0.05, 0) is 18.4 Å². The van der Waals surface area contributed by atoms with E-state index in [2.05, 4.69) is 14.8 Å². The molecule has 0 saturated heterocycles.